The van der Waals surface area contributed by atoms with Crippen molar-refractivity contribution >= 4 is 0 Å². The molecule has 1 aromatic rings. The van der Waals surface area contributed by atoms with Gasteiger partial charge in [-0.15, -0.1) is 0 Å². The molecule has 2 rings (SSSR count). The highest BCUT2D eigenvalue weighted by molar-refractivity contribution is 5.42. The maximum absolute atomic E-state index is 5.86. The van der Waals surface area contributed by atoms with E-state index in [1.165, 1.54) is 18.4 Å². The summed E-state index contributed by atoms with van der Waals surface area (Å²) in [6.07, 6.45) is 2.48. The summed E-state index contributed by atoms with van der Waals surface area (Å²) in [5.41, 5.74) is 1.17. The van der Waals surface area contributed by atoms with Crippen LogP contribution in [0, 0.1) is 6.92 Å². The number of methoxy groups -OCH3 is 2. The van der Waals surface area contributed by atoms with Crippen molar-refractivity contribution in [2.24, 2.45) is 0 Å². The van der Waals surface area contributed by atoms with Gasteiger partial charge in [0.15, 0.2) is 11.5 Å². The standard InChI is InChI=1S/C16H25NO3/c1-13-6-7-15(16(11-13)19-3)20-10-9-17-8-4-5-14(17)12-18-2/h6-7,11,14H,4-5,8-10,12H2,1-3H3/t14-/m0/s1. The molecule has 4 nitrogen and oxygen atoms in total. The van der Waals surface area contributed by atoms with Crippen LogP contribution in [0.25, 0.3) is 0 Å². The van der Waals surface area contributed by atoms with Gasteiger partial charge < -0.3 is 14.2 Å². The number of rotatable bonds is 7. The fraction of sp³-hybridized carbons (Fsp3) is 0.625. The molecular weight excluding hydrogens is 254 g/mol. The van der Waals surface area contributed by atoms with E-state index in [0.29, 0.717) is 12.6 Å². The molecule has 0 radical (unpaired) electrons. The maximum atomic E-state index is 5.86. The van der Waals surface area contributed by atoms with Gasteiger partial charge in [0.05, 0.1) is 13.7 Å². The Labute approximate surface area is 121 Å². The summed E-state index contributed by atoms with van der Waals surface area (Å²) < 4.78 is 16.5. The van der Waals surface area contributed by atoms with E-state index in [1.54, 1.807) is 14.2 Å². The molecule has 0 saturated carbocycles. The Morgan fingerprint density at radius 2 is 2.10 bits per heavy atom. The van der Waals surface area contributed by atoms with Crippen LogP contribution < -0.4 is 9.47 Å². The predicted octanol–water partition coefficient (Wildman–Crippen LogP) is 2.49. The molecule has 1 aromatic carbocycles. The number of benzene rings is 1. The van der Waals surface area contributed by atoms with Gasteiger partial charge in [-0.25, -0.2) is 0 Å². The molecule has 0 aromatic heterocycles. The first-order valence-corrected chi connectivity index (χ1v) is 7.25. The highest BCUT2D eigenvalue weighted by Gasteiger charge is 2.23. The van der Waals surface area contributed by atoms with Crippen molar-refractivity contribution in [1.82, 2.24) is 4.90 Å². The van der Waals surface area contributed by atoms with E-state index < -0.39 is 0 Å². The van der Waals surface area contributed by atoms with Gasteiger partial charge in [-0.2, -0.15) is 0 Å². The highest BCUT2D eigenvalue weighted by atomic mass is 16.5. The van der Waals surface area contributed by atoms with E-state index in [2.05, 4.69) is 4.90 Å². The third kappa shape index (κ3) is 3.87. The molecule has 0 spiro atoms. The van der Waals surface area contributed by atoms with Gasteiger partial charge in [-0.1, -0.05) is 6.07 Å². The van der Waals surface area contributed by atoms with Gasteiger partial charge in [0.25, 0.3) is 0 Å². The monoisotopic (exact) mass is 279 g/mol. The van der Waals surface area contributed by atoms with Gasteiger partial charge in [0.1, 0.15) is 6.61 Å². The van der Waals surface area contributed by atoms with Crippen molar-refractivity contribution in [3.63, 3.8) is 0 Å². The first-order chi connectivity index (χ1) is 9.74. The molecule has 4 heteroatoms. The van der Waals surface area contributed by atoms with Crippen molar-refractivity contribution in [1.29, 1.82) is 0 Å². The number of hydrogen-bond acceptors (Lipinski definition) is 4. The molecule has 0 unspecified atom stereocenters. The summed E-state index contributed by atoms with van der Waals surface area (Å²) in [7, 11) is 3.45. The average Bonchev–Trinajstić information content (AvgIpc) is 2.88. The van der Waals surface area contributed by atoms with E-state index in [1.807, 2.05) is 25.1 Å². The topological polar surface area (TPSA) is 30.9 Å². The van der Waals surface area contributed by atoms with Crippen molar-refractivity contribution in [3.05, 3.63) is 23.8 Å². The SMILES string of the molecule is COC[C@@H]1CCCN1CCOc1ccc(C)cc1OC. The fourth-order valence-electron chi connectivity index (χ4n) is 2.74. The number of aryl methyl sites for hydroxylation is 1. The summed E-state index contributed by atoms with van der Waals surface area (Å²) in [6.45, 7) is 5.62. The minimum Gasteiger partial charge on any atom is -0.493 e. The lowest BCUT2D eigenvalue weighted by Gasteiger charge is -2.23. The normalized spacial score (nSPS) is 19.2. The molecule has 1 fully saturated rings. The minimum atomic E-state index is 0.545. The van der Waals surface area contributed by atoms with Crippen LogP contribution >= 0.6 is 0 Å². The van der Waals surface area contributed by atoms with Gasteiger partial charge in [-0.3, -0.25) is 4.90 Å². The Morgan fingerprint density at radius 3 is 2.85 bits per heavy atom. The molecular formula is C16H25NO3. The Balaban J connectivity index is 1.83. The molecule has 1 saturated heterocycles. The van der Waals surface area contributed by atoms with Gasteiger partial charge in [-0.05, 0) is 44.0 Å². The number of ether oxygens (including phenoxy) is 3. The number of likely N-dealkylation sites (tertiary alicyclic amines) is 1. The van der Waals surface area contributed by atoms with Crippen LogP contribution in [0.15, 0.2) is 18.2 Å². The number of hydrogen-bond donors (Lipinski definition) is 0. The molecule has 1 aliphatic heterocycles. The second kappa shape index (κ2) is 7.50. The van der Waals surface area contributed by atoms with E-state index in [4.69, 9.17) is 14.2 Å². The molecule has 20 heavy (non-hydrogen) atoms. The van der Waals surface area contributed by atoms with Crippen LogP contribution in [0.1, 0.15) is 18.4 Å². The van der Waals surface area contributed by atoms with Gasteiger partial charge in [0.2, 0.25) is 0 Å². The summed E-state index contributed by atoms with van der Waals surface area (Å²) >= 11 is 0. The zero-order valence-corrected chi connectivity index (χ0v) is 12.7. The van der Waals surface area contributed by atoms with Crippen LogP contribution in [0.5, 0.6) is 11.5 Å². The van der Waals surface area contributed by atoms with Crippen LogP contribution in [-0.4, -0.2) is 51.5 Å². The third-order valence-corrected chi connectivity index (χ3v) is 3.81. The Morgan fingerprint density at radius 1 is 1.25 bits per heavy atom. The molecule has 0 bridgehead atoms. The van der Waals surface area contributed by atoms with Crippen LogP contribution in [0.3, 0.4) is 0 Å². The zero-order chi connectivity index (χ0) is 14.4. The van der Waals surface area contributed by atoms with Crippen molar-refractivity contribution in [2.75, 3.05) is 40.5 Å². The third-order valence-electron chi connectivity index (χ3n) is 3.81. The fourth-order valence-corrected chi connectivity index (χ4v) is 2.74. The molecule has 0 N–H and O–H groups in total. The van der Waals surface area contributed by atoms with E-state index in [-0.39, 0.29) is 0 Å². The lowest BCUT2D eigenvalue weighted by atomic mass is 10.2. The molecule has 1 heterocycles. The summed E-state index contributed by atoms with van der Waals surface area (Å²) in [5.74, 6) is 1.63. The van der Waals surface area contributed by atoms with E-state index >= 15 is 0 Å². The number of nitrogens with zero attached hydrogens (tertiary/aromatic N) is 1. The second-order valence-electron chi connectivity index (χ2n) is 5.29. The molecule has 0 aliphatic carbocycles. The Bertz CT molecular complexity index is 422. The van der Waals surface area contributed by atoms with Crippen LogP contribution in [0.2, 0.25) is 0 Å². The van der Waals surface area contributed by atoms with Crippen LogP contribution in [-0.2, 0) is 4.74 Å². The first-order valence-electron chi connectivity index (χ1n) is 7.25. The lowest BCUT2D eigenvalue weighted by Crippen LogP contribution is -2.35. The van der Waals surface area contributed by atoms with Crippen molar-refractivity contribution < 1.29 is 14.2 Å². The quantitative estimate of drug-likeness (QED) is 0.767. The predicted molar refractivity (Wildman–Crippen MR) is 79.7 cm³/mol. The van der Waals surface area contributed by atoms with Gasteiger partial charge in [0, 0.05) is 19.7 Å². The molecule has 112 valence electrons. The average molecular weight is 279 g/mol. The molecule has 1 aliphatic rings. The smallest absolute Gasteiger partial charge is 0.161 e. The Hall–Kier alpha value is -1.26. The maximum Gasteiger partial charge on any atom is 0.161 e. The van der Waals surface area contributed by atoms with E-state index in [0.717, 1.165) is 31.2 Å². The minimum absolute atomic E-state index is 0.545. The van der Waals surface area contributed by atoms with Crippen molar-refractivity contribution in [3.8, 4) is 11.5 Å². The molecule has 1 atom stereocenters. The first kappa shape index (κ1) is 15.1. The van der Waals surface area contributed by atoms with Crippen LogP contribution in [0.4, 0.5) is 0 Å². The molecule has 0 amide bonds. The van der Waals surface area contributed by atoms with E-state index in [9.17, 15) is 0 Å². The highest BCUT2D eigenvalue weighted by Crippen LogP contribution is 2.27. The largest absolute Gasteiger partial charge is 0.493 e. The summed E-state index contributed by atoms with van der Waals surface area (Å²) in [5, 5.41) is 0. The zero-order valence-electron chi connectivity index (χ0n) is 12.7. The van der Waals surface area contributed by atoms with Crippen molar-refractivity contribution in [2.45, 2.75) is 25.8 Å². The summed E-state index contributed by atoms with van der Waals surface area (Å²) in [4.78, 5) is 2.45. The lowest BCUT2D eigenvalue weighted by molar-refractivity contribution is 0.105. The summed E-state index contributed by atoms with van der Waals surface area (Å²) in [6, 6.07) is 6.56. The Kier molecular flexibility index (Phi) is 5.68. The second-order valence-corrected chi connectivity index (χ2v) is 5.29. The van der Waals surface area contributed by atoms with Gasteiger partial charge >= 0.3 is 0 Å².